The monoisotopic (exact) mass is 539 g/mol. The molecule has 0 saturated heterocycles. The Balaban J connectivity index is 1.59. The first kappa shape index (κ1) is 24.5. The molecule has 1 amide bonds. The fourth-order valence-electron chi connectivity index (χ4n) is 4.84. The summed E-state index contributed by atoms with van der Waals surface area (Å²) in [5.74, 6) is -0.452. The van der Waals surface area contributed by atoms with Crippen LogP contribution in [-0.2, 0) is 0 Å². The minimum Gasteiger partial charge on any atom is -0.267 e. The average Bonchev–Trinajstić information content (AvgIpc) is 3.26. The Kier molecular flexibility index (Phi) is 6.84. The molecule has 0 radical (unpaired) electrons. The van der Waals surface area contributed by atoms with Crippen LogP contribution in [0.2, 0.25) is 15.1 Å². The van der Waals surface area contributed by atoms with Crippen LogP contribution < -0.4 is 0 Å². The second kappa shape index (κ2) is 10.1. The number of hydrogen-bond acceptors (Lipinski definition) is 4. The van der Waals surface area contributed by atoms with E-state index in [1.807, 2.05) is 36.4 Å². The smallest absolute Gasteiger partial charge is 0.267 e. The highest BCUT2D eigenvalue weighted by Gasteiger charge is 2.44. The number of nitro benzene ring substituents is 1. The lowest BCUT2D eigenvalue weighted by molar-refractivity contribution is -0.384. The molecule has 1 saturated carbocycles. The summed E-state index contributed by atoms with van der Waals surface area (Å²) in [6.45, 7) is 0. The summed E-state index contributed by atoms with van der Waals surface area (Å²) in [4.78, 5) is 24.5. The summed E-state index contributed by atoms with van der Waals surface area (Å²) < 4.78 is 0. The highest BCUT2D eigenvalue weighted by Crippen LogP contribution is 2.45. The standard InChI is InChI=1S/C27H20Cl3N3O3/c28-20-9-4-16(5-10-20)14-18-2-1-3-22-25(18)31-32(26(22)17-6-11-21(29)12-7-17)27(34)19-8-13-23(30)24(15-19)33(35)36/h4-15,22,26H,1-3H2/b18-14+/t22-,26-/m0/s1. The van der Waals surface area contributed by atoms with E-state index in [9.17, 15) is 14.9 Å². The summed E-state index contributed by atoms with van der Waals surface area (Å²) >= 11 is 18.2. The molecule has 1 fully saturated rings. The molecule has 182 valence electrons. The van der Waals surface area contributed by atoms with Crippen LogP contribution in [0.3, 0.4) is 0 Å². The molecule has 1 aliphatic heterocycles. The minimum absolute atomic E-state index is 0.0234. The first-order valence-electron chi connectivity index (χ1n) is 11.4. The van der Waals surface area contributed by atoms with Gasteiger partial charge in [0, 0.05) is 27.6 Å². The molecule has 2 aliphatic rings. The van der Waals surface area contributed by atoms with Crippen molar-refractivity contribution >= 4 is 58.2 Å². The third-order valence-corrected chi connectivity index (χ3v) is 7.35. The summed E-state index contributed by atoms with van der Waals surface area (Å²) in [7, 11) is 0. The van der Waals surface area contributed by atoms with E-state index in [4.69, 9.17) is 39.9 Å². The van der Waals surface area contributed by atoms with Gasteiger partial charge >= 0.3 is 0 Å². The van der Waals surface area contributed by atoms with Gasteiger partial charge < -0.3 is 0 Å². The van der Waals surface area contributed by atoms with Crippen LogP contribution >= 0.6 is 34.8 Å². The normalized spacial score (nSPS) is 20.2. The third-order valence-electron chi connectivity index (χ3n) is 6.52. The molecule has 5 rings (SSSR count). The minimum atomic E-state index is -0.599. The Hall–Kier alpha value is -3.19. The van der Waals surface area contributed by atoms with Crippen LogP contribution in [0.4, 0.5) is 5.69 Å². The molecule has 0 N–H and O–H groups in total. The van der Waals surface area contributed by atoms with E-state index in [-0.39, 0.29) is 28.2 Å². The van der Waals surface area contributed by atoms with Crippen molar-refractivity contribution in [1.82, 2.24) is 5.01 Å². The number of carbonyl (C=O) groups is 1. The van der Waals surface area contributed by atoms with E-state index in [1.54, 1.807) is 12.1 Å². The third kappa shape index (κ3) is 4.76. The van der Waals surface area contributed by atoms with Gasteiger partial charge in [-0.25, -0.2) is 5.01 Å². The van der Waals surface area contributed by atoms with E-state index in [0.717, 1.165) is 41.7 Å². The van der Waals surface area contributed by atoms with Gasteiger partial charge in [-0.2, -0.15) is 5.10 Å². The van der Waals surface area contributed by atoms with Crippen molar-refractivity contribution in [3.05, 3.63) is 114 Å². The maximum absolute atomic E-state index is 13.7. The maximum atomic E-state index is 13.7. The van der Waals surface area contributed by atoms with Gasteiger partial charge in [0.25, 0.3) is 11.6 Å². The van der Waals surface area contributed by atoms with Crippen LogP contribution in [0.15, 0.2) is 77.4 Å². The van der Waals surface area contributed by atoms with E-state index in [0.29, 0.717) is 10.0 Å². The highest BCUT2D eigenvalue weighted by atomic mass is 35.5. The zero-order valence-electron chi connectivity index (χ0n) is 18.9. The second-order valence-electron chi connectivity index (χ2n) is 8.77. The van der Waals surface area contributed by atoms with Crippen molar-refractivity contribution < 1.29 is 9.72 Å². The van der Waals surface area contributed by atoms with Crippen molar-refractivity contribution in [3.63, 3.8) is 0 Å². The van der Waals surface area contributed by atoms with Gasteiger partial charge in [-0.3, -0.25) is 14.9 Å². The number of nitrogens with zero attached hydrogens (tertiary/aromatic N) is 3. The molecule has 9 heteroatoms. The number of allylic oxidation sites excluding steroid dienone is 1. The molecule has 0 unspecified atom stereocenters. The lowest BCUT2D eigenvalue weighted by atomic mass is 9.77. The van der Waals surface area contributed by atoms with Gasteiger partial charge in [0.15, 0.2) is 0 Å². The molecule has 1 heterocycles. The predicted molar refractivity (Wildman–Crippen MR) is 143 cm³/mol. The van der Waals surface area contributed by atoms with Gasteiger partial charge in [0.1, 0.15) is 5.02 Å². The van der Waals surface area contributed by atoms with Gasteiger partial charge in [0.05, 0.1) is 16.7 Å². The zero-order chi connectivity index (χ0) is 25.4. The molecule has 2 atom stereocenters. The van der Waals surface area contributed by atoms with Crippen molar-refractivity contribution in [3.8, 4) is 0 Å². The number of nitro groups is 1. The SMILES string of the molecule is O=C(c1ccc(Cl)c([N+](=O)[O-])c1)N1N=C2/C(=C/c3ccc(Cl)cc3)CCC[C@@H]2[C@@H]1c1ccc(Cl)cc1. The molecule has 0 aromatic heterocycles. The molecule has 1 aliphatic carbocycles. The number of rotatable bonds is 4. The first-order chi connectivity index (χ1) is 17.3. The Labute approximate surface area is 222 Å². The van der Waals surface area contributed by atoms with Crippen LogP contribution in [-0.4, -0.2) is 21.6 Å². The topological polar surface area (TPSA) is 75.8 Å². The van der Waals surface area contributed by atoms with E-state index in [1.165, 1.54) is 23.2 Å². The fraction of sp³-hybridized carbons (Fsp3) is 0.185. The van der Waals surface area contributed by atoms with Gasteiger partial charge in [-0.15, -0.1) is 0 Å². The summed E-state index contributed by atoms with van der Waals surface area (Å²) in [6, 6.07) is 18.6. The van der Waals surface area contributed by atoms with Gasteiger partial charge in [0.2, 0.25) is 0 Å². The van der Waals surface area contributed by atoms with Crippen molar-refractivity contribution in [2.45, 2.75) is 25.3 Å². The average molecular weight is 541 g/mol. The molecule has 3 aromatic carbocycles. The zero-order valence-corrected chi connectivity index (χ0v) is 21.2. The number of benzene rings is 3. The summed E-state index contributed by atoms with van der Waals surface area (Å²) in [5, 5.41) is 18.9. The number of hydrazone groups is 1. The summed E-state index contributed by atoms with van der Waals surface area (Å²) in [6.07, 6.45) is 4.72. The van der Waals surface area contributed by atoms with Crippen molar-refractivity contribution in [1.29, 1.82) is 0 Å². The number of amides is 1. The predicted octanol–water partition coefficient (Wildman–Crippen LogP) is 7.99. The number of hydrogen-bond donors (Lipinski definition) is 0. The molecule has 3 aromatic rings. The number of fused-ring (bicyclic) bond motifs is 1. The largest absolute Gasteiger partial charge is 0.288 e. The molecule has 0 bridgehead atoms. The van der Waals surface area contributed by atoms with E-state index in [2.05, 4.69) is 6.08 Å². The molecular formula is C27H20Cl3N3O3. The lowest BCUT2D eigenvalue weighted by Gasteiger charge is -2.29. The van der Waals surface area contributed by atoms with Crippen LogP contribution in [0.1, 0.15) is 46.8 Å². The molecular weight excluding hydrogens is 521 g/mol. The van der Waals surface area contributed by atoms with Crippen LogP contribution in [0, 0.1) is 16.0 Å². The Morgan fingerprint density at radius 2 is 1.67 bits per heavy atom. The maximum Gasteiger partial charge on any atom is 0.288 e. The Bertz CT molecular complexity index is 1400. The van der Waals surface area contributed by atoms with Gasteiger partial charge in [-0.05, 0) is 78.4 Å². The summed E-state index contributed by atoms with van der Waals surface area (Å²) in [5.41, 5.74) is 3.64. The highest BCUT2D eigenvalue weighted by molar-refractivity contribution is 6.32. The van der Waals surface area contributed by atoms with Crippen LogP contribution in [0.5, 0.6) is 0 Å². The number of halogens is 3. The molecule has 36 heavy (non-hydrogen) atoms. The second-order valence-corrected chi connectivity index (χ2v) is 10.1. The Morgan fingerprint density at radius 1 is 1.00 bits per heavy atom. The fourth-order valence-corrected chi connectivity index (χ4v) is 5.28. The van der Waals surface area contributed by atoms with Crippen molar-refractivity contribution in [2.75, 3.05) is 0 Å². The number of carbonyl (C=O) groups excluding carboxylic acids is 1. The van der Waals surface area contributed by atoms with E-state index < -0.39 is 10.8 Å². The quantitative estimate of drug-likeness (QED) is 0.248. The van der Waals surface area contributed by atoms with Crippen LogP contribution in [0.25, 0.3) is 6.08 Å². The van der Waals surface area contributed by atoms with E-state index >= 15 is 0 Å². The molecule has 6 nitrogen and oxygen atoms in total. The van der Waals surface area contributed by atoms with Gasteiger partial charge in [-0.1, -0.05) is 59.1 Å². The Morgan fingerprint density at radius 3 is 2.33 bits per heavy atom. The van der Waals surface area contributed by atoms with Crippen molar-refractivity contribution in [2.24, 2.45) is 11.0 Å². The molecule has 0 spiro atoms. The lowest BCUT2D eigenvalue weighted by Crippen LogP contribution is -2.32. The first-order valence-corrected chi connectivity index (χ1v) is 12.5.